The molecule has 6 nitrogen and oxygen atoms in total. The molecule has 0 saturated heterocycles. The summed E-state index contributed by atoms with van der Waals surface area (Å²) in [5, 5.41) is 4.78. The number of halogens is 1. The van der Waals surface area contributed by atoms with Crippen LogP contribution in [0, 0.1) is 0 Å². The molecule has 7 heteroatoms. The van der Waals surface area contributed by atoms with E-state index in [1.54, 1.807) is 24.4 Å². The van der Waals surface area contributed by atoms with Crippen LogP contribution in [0.1, 0.15) is 34.0 Å². The van der Waals surface area contributed by atoms with E-state index in [-0.39, 0.29) is 5.91 Å². The van der Waals surface area contributed by atoms with Gasteiger partial charge in [-0.15, -0.1) is 0 Å². The van der Waals surface area contributed by atoms with Crippen LogP contribution in [0.15, 0.2) is 102 Å². The van der Waals surface area contributed by atoms with Crippen LogP contribution in [-0.2, 0) is 13.2 Å². The molecule has 0 aromatic heterocycles. The fourth-order valence-electron chi connectivity index (χ4n) is 3.43. The van der Waals surface area contributed by atoms with E-state index in [9.17, 15) is 4.79 Å². The Morgan fingerprint density at radius 3 is 2.35 bits per heavy atom. The molecular formula is C30H27ClN2O4. The number of rotatable bonds is 11. The van der Waals surface area contributed by atoms with E-state index in [0.29, 0.717) is 47.7 Å². The molecule has 4 aromatic carbocycles. The normalized spacial score (nSPS) is 10.8. The van der Waals surface area contributed by atoms with Gasteiger partial charge in [0.25, 0.3) is 5.91 Å². The predicted octanol–water partition coefficient (Wildman–Crippen LogP) is 6.66. The summed E-state index contributed by atoms with van der Waals surface area (Å²) < 4.78 is 17.5. The molecule has 0 aliphatic rings. The van der Waals surface area contributed by atoms with Crippen LogP contribution >= 0.6 is 11.6 Å². The topological polar surface area (TPSA) is 69.2 Å². The third-order valence-electron chi connectivity index (χ3n) is 5.30. The van der Waals surface area contributed by atoms with Crippen molar-refractivity contribution in [3.05, 3.63) is 124 Å². The molecule has 0 fully saturated rings. The largest absolute Gasteiger partial charge is 0.490 e. The number of ether oxygens (including phenoxy) is 3. The van der Waals surface area contributed by atoms with Gasteiger partial charge in [-0.1, -0.05) is 66.2 Å². The molecule has 0 atom stereocenters. The van der Waals surface area contributed by atoms with Crippen LogP contribution in [0.4, 0.5) is 0 Å². The van der Waals surface area contributed by atoms with Crippen molar-refractivity contribution < 1.29 is 19.0 Å². The first kappa shape index (κ1) is 25.8. The van der Waals surface area contributed by atoms with Crippen molar-refractivity contribution in [2.45, 2.75) is 20.1 Å². The number of nitrogens with zero attached hydrogens (tertiary/aromatic N) is 1. The van der Waals surface area contributed by atoms with Gasteiger partial charge in [-0.3, -0.25) is 4.79 Å². The lowest BCUT2D eigenvalue weighted by Gasteiger charge is -2.13. The van der Waals surface area contributed by atoms with Crippen molar-refractivity contribution in [1.82, 2.24) is 5.43 Å². The van der Waals surface area contributed by atoms with Crippen molar-refractivity contribution in [3.8, 4) is 17.2 Å². The molecule has 0 saturated carbocycles. The van der Waals surface area contributed by atoms with Crippen LogP contribution < -0.4 is 19.6 Å². The molecule has 1 amide bonds. The Balaban J connectivity index is 1.34. The SMILES string of the molecule is CCOc1cc(C(=O)N/N=C/c2cccc(OCc3ccc(Cl)cc3)c2)ccc1OCc1ccccc1. The third kappa shape index (κ3) is 7.85. The third-order valence-corrected chi connectivity index (χ3v) is 5.55. The number of hydrogen-bond acceptors (Lipinski definition) is 5. The molecule has 0 heterocycles. The molecular weight excluding hydrogens is 488 g/mol. The highest BCUT2D eigenvalue weighted by Gasteiger charge is 2.12. The monoisotopic (exact) mass is 514 g/mol. The van der Waals surface area contributed by atoms with E-state index in [0.717, 1.165) is 16.7 Å². The van der Waals surface area contributed by atoms with Crippen LogP contribution in [0.25, 0.3) is 0 Å². The van der Waals surface area contributed by atoms with Crippen molar-refractivity contribution in [2.24, 2.45) is 5.10 Å². The second-order valence-corrected chi connectivity index (χ2v) is 8.49. The minimum atomic E-state index is -0.359. The first-order chi connectivity index (χ1) is 18.1. The minimum Gasteiger partial charge on any atom is -0.490 e. The Bertz CT molecular complexity index is 1340. The van der Waals surface area contributed by atoms with Crippen LogP contribution in [-0.4, -0.2) is 18.7 Å². The Morgan fingerprint density at radius 2 is 1.57 bits per heavy atom. The maximum atomic E-state index is 12.7. The van der Waals surface area contributed by atoms with Crippen molar-refractivity contribution in [3.63, 3.8) is 0 Å². The maximum Gasteiger partial charge on any atom is 0.271 e. The fourth-order valence-corrected chi connectivity index (χ4v) is 3.56. The Labute approximate surface area is 221 Å². The van der Waals surface area contributed by atoms with Gasteiger partial charge in [-0.25, -0.2) is 5.43 Å². The molecule has 0 aliphatic heterocycles. The number of amides is 1. The summed E-state index contributed by atoms with van der Waals surface area (Å²) >= 11 is 5.92. The lowest BCUT2D eigenvalue weighted by Crippen LogP contribution is -2.17. The van der Waals surface area contributed by atoms with Gasteiger partial charge in [0.15, 0.2) is 11.5 Å². The summed E-state index contributed by atoms with van der Waals surface area (Å²) in [6.45, 7) is 3.15. The van der Waals surface area contributed by atoms with Crippen molar-refractivity contribution >= 4 is 23.7 Å². The number of benzene rings is 4. The molecule has 0 radical (unpaired) electrons. The average Bonchev–Trinajstić information content (AvgIpc) is 2.93. The summed E-state index contributed by atoms with van der Waals surface area (Å²) in [5.41, 5.74) is 5.81. The molecule has 4 rings (SSSR count). The standard InChI is InChI=1S/C30H27ClN2O4/c1-2-35-29-18-25(13-16-28(29)37-21-22-7-4-3-5-8-22)30(34)33-32-19-24-9-6-10-27(17-24)36-20-23-11-14-26(31)15-12-23/h3-19H,2,20-21H2,1H3,(H,33,34)/b32-19+. The van der Waals surface area contributed by atoms with Crippen LogP contribution in [0.2, 0.25) is 5.02 Å². The van der Waals surface area contributed by atoms with Gasteiger partial charge < -0.3 is 14.2 Å². The number of carbonyl (C=O) groups excluding carboxylic acids is 1. The lowest BCUT2D eigenvalue weighted by molar-refractivity contribution is 0.0954. The smallest absolute Gasteiger partial charge is 0.271 e. The van der Waals surface area contributed by atoms with Gasteiger partial charge in [0.05, 0.1) is 12.8 Å². The average molecular weight is 515 g/mol. The summed E-state index contributed by atoms with van der Waals surface area (Å²) in [5.74, 6) is 1.40. The number of hydrogen-bond donors (Lipinski definition) is 1. The minimum absolute atomic E-state index is 0.359. The van der Waals surface area contributed by atoms with E-state index >= 15 is 0 Å². The van der Waals surface area contributed by atoms with E-state index in [1.807, 2.05) is 85.8 Å². The van der Waals surface area contributed by atoms with Crippen LogP contribution in [0.5, 0.6) is 17.2 Å². The van der Waals surface area contributed by atoms with E-state index in [1.165, 1.54) is 0 Å². The van der Waals surface area contributed by atoms with Gasteiger partial charge in [0, 0.05) is 10.6 Å². The molecule has 37 heavy (non-hydrogen) atoms. The second-order valence-electron chi connectivity index (χ2n) is 8.06. The molecule has 4 aromatic rings. The second kappa shape index (κ2) is 13.1. The van der Waals surface area contributed by atoms with Gasteiger partial charge in [-0.2, -0.15) is 5.10 Å². The molecule has 0 bridgehead atoms. The van der Waals surface area contributed by atoms with Crippen molar-refractivity contribution in [2.75, 3.05) is 6.61 Å². The Hall–Kier alpha value is -4.29. The summed E-state index contributed by atoms with van der Waals surface area (Å²) in [6, 6.07) is 29.9. The first-order valence-electron chi connectivity index (χ1n) is 11.8. The van der Waals surface area contributed by atoms with E-state index < -0.39 is 0 Å². The maximum absolute atomic E-state index is 12.7. The number of carbonyl (C=O) groups is 1. The van der Waals surface area contributed by atoms with Gasteiger partial charge >= 0.3 is 0 Å². The molecule has 0 aliphatic carbocycles. The quantitative estimate of drug-likeness (QED) is 0.179. The Kier molecular flexibility index (Phi) is 9.16. The zero-order valence-electron chi connectivity index (χ0n) is 20.4. The highest BCUT2D eigenvalue weighted by Crippen LogP contribution is 2.29. The molecule has 188 valence electrons. The summed E-state index contributed by atoms with van der Waals surface area (Å²) in [6.07, 6.45) is 1.56. The highest BCUT2D eigenvalue weighted by molar-refractivity contribution is 6.30. The highest BCUT2D eigenvalue weighted by atomic mass is 35.5. The van der Waals surface area contributed by atoms with Crippen molar-refractivity contribution in [1.29, 1.82) is 0 Å². The van der Waals surface area contributed by atoms with Gasteiger partial charge in [0.1, 0.15) is 19.0 Å². The zero-order chi connectivity index (χ0) is 25.9. The molecule has 0 spiro atoms. The zero-order valence-corrected chi connectivity index (χ0v) is 21.2. The number of nitrogens with one attached hydrogen (secondary N) is 1. The van der Waals surface area contributed by atoms with Gasteiger partial charge in [-0.05, 0) is 66.1 Å². The predicted molar refractivity (Wildman–Crippen MR) is 146 cm³/mol. The fraction of sp³-hybridized carbons (Fsp3) is 0.133. The Morgan fingerprint density at radius 1 is 0.811 bits per heavy atom. The van der Waals surface area contributed by atoms with E-state index in [4.69, 9.17) is 25.8 Å². The van der Waals surface area contributed by atoms with Crippen LogP contribution in [0.3, 0.4) is 0 Å². The lowest BCUT2D eigenvalue weighted by atomic mass is 10.2. The van der Waals surface area contributed by atoms with E-state index in [2.05, 4.69) is 10.5 Å². The number of hydrazone groups is 1. The summed E-state index contributed by atoms with van der Waals surface area (Å²) in [4.78, 5) is 12.7. The first-order valence-corrected chi connectivity index (χ1v) is 12.2. The van der Waals surface area contributed by atoms with Gasteiger partial charge in [0.2, 0.25) is 0 Å². The molecule has 1 N–H and O–H groups in total. The molecule has 0 unspecified atom stereocenters. The summed E-state index contributed by atoms with van der Waals surface area (Å²) in [7, 11) is 0.